The van der Waals surface area contributed by atoms with Gasteiger partial charge in [0.05, 0.1) is 12.2 Å². The molecular formula is C12H16O4. The molecule has 1 aromatic rings. The molecule has 0 saturated carbocycles. The zero-order chi connectivity index (χ0) is 11.8. The Morgan fingerprint density at radius 3 is 2.81 bits per heavy atom. The van der Waals surface area contributed by atoms with Crippen LogP contribution in [0, 0.1) is 0 Å². The smallest absolute Gasteiger partial charge is 0.338 e. The highest BCUT2D eigenvalue weighted by molar-refractivity contribution is 5.89. The SMILES string of the molecule is CCCOCCOC(=O)c1cccc(O)c1. The average molecular weight is 224 g/mol. The van der Waals surface area contributed by atoms with Crippen molar-refractivity contribution in [3.63, 3.8) is 0 Å². The third-order valence-corrected chi connectivity index (χ3v) is 1.89. The van der Waals surface area contributed by atoms with Crippen molar-refractivity contribution in [1.82, 2.24) is 0 Å². The van der Waals surface area contributed by atoms with Gasteiger partial charge in [0, 0.05) is 6.61 Å². The van der Waals surface area contributed by atoms with Gasteiger partial charge in [0.1, 0.15) is 12.4 Å². The largest absolute Gasteiger partial charge is 0.508 e. The topological polar surface area (TPSA) is 55.8 Å². The average Bonchev–Trinajstić information content (AvgIpc) is 2.28. The Balaban J connectivity index is 2.30. The molecule has 0 aromatic heterocycles. The second-order valence-corrected chi connectivity index (χ2v) is 3.30. The van der Waals surface area contributed by atoms with Crippen LogP contribution in [0.1, 0.15) is 23.7 Å². The van der Waals surface area contributed by atoms with E-state index < -0.39 is 5.97 Å². The second-order valence-electron chi connectivity index (χ2n) is 3.30. The Hall–Kier alpha value is -1.55. The van der Waals surface area contributed by atoms with Crippen molar-refractivity contribution in [2.75, 3.05) is 19.8 Å². The van der Waals surface area contributed by atoms with Crippen molar-refractivity contribution in [2.45, 2.75) is 13.3 Å². The van der Waals surface area contributed by atoms with E-state index in [0.717, 1.165) is 6.42 Å². The van der Waals surface area contributed by atoms with Gasteiger partial charge in [-0.1, -0.05) is 13.0 Å². The summed E-state index contributed by atoms with van der Waals surface area (Å²) in [7, 11) is 0. The maximum atomic E-state index is 11.4. The molecule has 0 amide bonds. The van der Waals surface area contributed by atoms with Gasteiger partial charge in [0.15, 0.2) is 0 Å². The molecule has 4 heteroatoms. The summed E-state index contributed by atoms with van der Waals surface area (Å²) in [5, 5.41) is 9.17. The minimum atomic E-state index is -0.448. The number of aromatic hydroxyl groups is 1. The van der Waals surface area contributed by atoms with E-state index in [0.29, 0.717) is 18.8 Å². The summed E-state index contributed by atoms with van der Waals surface area (Å²) in [5.41, 5.74) is 0.343. The van der Waals surface area contributed by atoms with Crippen LogP contribution in [0.4, 0.5) is 0 Å². The molecular weight excluding hydrogens is 208 g/mol. The summed E-state index contributed by atoms with van der Waals surface area (Å²) in [5.74, 6) is -0.396. The van der Waals surface area contributed by atoms with Crippen LogP contribution < -0.4 is 0 Å². The highest BCUT2D eigenvalue weighted by Gasteiger charge is 2.06. The van der Waals surface area contributed by atoms with Crippen LogP contribution in [0.25, 0.3) is 0 Å². The van der Waals surface area contributed by atoms with Gasteiger partial charge in [-0.05, 0) is 24.6 Å². The first kappa shape index (κ1) is 12.5. The lowest BCUT2D eigenvalue weighted by molar-refractivity contribution is 0.0318. The van der Waals surface area contributed by atoms with Crippen LogP contribution in [0.2, 0.25) is 0 Å². The number of phenols is 1. The first-order valence-corrected chi connectivity index (χ1v) is 5.28. The molecule has 1 rings (SSSR count). The van der Waals surface area contributed by atoms with Crippen LogP contribution >= 0.6 is 0 Å². The van der Waals surface area contributed by atoms with Crippen molar-refractivity contribution in [3.05, 3.63) is 29.8 Å². The van der Waals surface area contributed by atoms with Gasteiger partial charge in [0.25, 0.3) is 0 Å². The van der Waals surface area contributed by atoms with Crippen molar-refractivity contribution in [3.8, 4) is 5.75 Å². The van der Waals surface area contributed by atoms with Crippen molar-refractivity contribution in [1.29, 1.82) is 0 Å². The van der Waals surface area contributed by atoms with Crippen molar-refractivity contribution < 1.29 is 19.4 Å². The minimum Gasteiger partial charge on any atom is -0.508 e. The fourth-order valence-electron chi connectivity index (χ4n) is 1.16. The third kappa shape index (κ3) is 4.31. The first-order valence-electron chi connectivity index (χ1n) is 5.28. The molecule has 0 heterocycles. The Labute approximate surface area is 94.8 Å². The van der Waals surface area contributed by atoms with Gasteiger partial charge in [0.2, 0.25) is 0 Å². The monoisotopic (exact) mass is 224 g/mol. The summed E-state index contributed by atoms with van der Waals surface area (Å²) >= 11 is 0. The van der Waals surface area contributed by atoms with Gasteiger partial charge < -0.3 is 14.6 Å². The molecule has 0 aliphatic rings. The van der Waals surface area contributed by atoms with Crippen LogP contribution in [-0.2, 0) is 9.47 Å². The number of hydrogen-bond acceptors (Lipinski definition) is 4. The predicted molar refractivity (Wildman–Crippen MR) is 59.5 cm³/mol. The molecule has 1 aromatic carbocycles. The van der Waals surface area contributed by atoms with Crippen LogP contribution in [0.15, 0.2) is 24.3 Å². The Bertz CT molecular complexity index is 336. The molecule has 0 aliphatic carbocycles. The first-order chi connectivity index (χ1) is 7.74. The molecule has 0 fully saturated rings. The third-order valence-electron chi connectivity index (χ3n) is 1.89. The number of esters is 1. The molecule has 0 bridgehead atoms. The number of carbonyl (C=O) groups is 1. The number of hydrogen-bond donors (Lipinski definition) is 1. The highest BCUT2D eigenvalue weighted by atomic mass is 16.6. The maximum Gasteiger partial charge on any atom is 0.338 e. The maximum absolute atomic E-state index is 11.4. The standard InChI is InChI=1S/C12H16O4/c1-2-6-15-7-8-16-12(14)10-4-3-5-11(13)9-10/h3-5,9,13H,2,6-8H2,1H3. The van der Waals surface area contributed by atoms with E-state index in [1.165, 1.54) is 12.1 Å². The molecule has 4 nitrogen and oxygen atoms in total. The van der Waals surface area contributed by atoms with E-state index in [1.54, 1.807) is 12.1 Å². The van der Waals surface area contributed by atoms with Gasteiger partial charge in [-0.3, -0.25) is 0 Å². The van der Waals surface area contributed by atoms with E-state index in [9.17, 15) is 9.90 Å². The van der Waals surface area contributed by atoms with Crippen LogP contribution in [-0.4, -0.2) is 30.9 Å². The number of carbonyl (C=O) groups excluding carboxylic acids is 1. The molecule has 1 N–H and O–H groups in total. The number of rotatable bonds is 6. The Kier molecular flexibility index (Phi) is 5.36. The van der Waals surface area contributed by atoms with Crippen LogP contribution in [0.3, 0.4) is 0 Å². The van der Waals surface area contributed by atoms with E-state index in [4.69, 9.17) is 9.47 Å². The summed E-state index contributed by atoms with van der Waals surface area (Å²) in [4.78, 5) is 11.4. The quantitative estimate of drug-likeness (QED) is 0.593. The van der Waals surface area contributed by atoms with Crippen molar-refractivity contribution >= 4 is 5.97 Å². The second kappa shape index (κ2) is 6.85. The van der Waals surface area contributed by atoms with E-state index in [-0.39, 0.29) is 12.4 Å². The minimum absolute atomic E-state index is 0.0525. The molecule has 0 atom stereocenters. The molecule has 0 radical (unpaired) electrons. The highest BCUT2D eigenvalue weighted by Crippen LogP contribution is 2.11. The lowest BCUT2D eigenvalue weighted by Crippen LogP contribution is -2.11. The predicted octanol–water partition coefficient (Wildman–Crippen LogP) is 1.98. The summed E-state index contributed by atoms with van der Waals surface area (Å²) in [6.07, 6.45) is 0.945. The lowest BCUT2D eigenvalue weighted by atomic mass is 10.2. The molecule has 0 aliphatic heterocycles. The van der Waals surface area contributed by atoms with Gasteiger partial charge in [-0.25, -0.2) is 4.79 Å². The van der Waals surface area contributed by atoms with Gasteiger partial charge in [-0.15, -0.1) is 0 Å². The molecule has 0 unspecified atom stereocenters. The molecule has 16 heavy (non-hydrogen) atoms. The number of phenolic OH excluding ortho intramolecular Hbond substituents is 1. The van der Waals surface area contributed by atoms with E-state index >= 15 is 0 Å². The fraction of sp³-hybridized carbons (Fsp3) is 0.417. The van der Waals surface area contributed by atoms with Gasteiger partial charge in [-0.2, -0.15) is 0 Å². The zero-order valence-electron chi connectivity index (χ0n) is 9.31. The summed E-state index contributed by atoms with van der Waals surface area (Å²) in [6, 6.07) is 6.06. The molecule has 88 valence electrons. The normalized spacial score (nSPS) is 10.1. The summed E-state index contributed by atoms with van der Waals surface area (Å²) in [6.45, 7) is 3.31. The van der Waals surface area contributed by atoms with Gasteiger partial charge >= 0.3 is 5.97 Å². The molecule has 0 spiro atoms. The lowest BCUT2D eigenvalue weighted by Gasteiger charge is -2.05. The van der Waals surface area contributed by atoms with E-state index in [2.05, 4.69) is 0 Å². The van der Waals surface area contributed by atoms with Crippen molar-refractivity contribution in [2.24, 2.45) is 0 Å². The summed E-state index contributed by atoms with van der Waals surface area (Å²) < 4.78 is 10.1. The zero-order valence-corrected chi connectivity index (χ0v) is 9.31. The van der Waals surface area contributed by atoms with E-state index in [1.807, 2.05) is 6.92 Å². The molecule has 0 saturated heterocycles. The fourth-order valence-corrected chi connectivity index (χ4v) is 1.16. The Morgan fingerprint density at radius 2 is 2.12 bits per heavy atom. The number of ether oxygens (including phenoxy) is 2. The Morgan fingerprint density at radius 1 is 1.31 bits per heavy atom. The van der Waals surface area contributed by atoms with Crippen LogP contribution in [0.5, 0.6) is 5.75 Å². The number of benzene rings is 1.